The highest BCUT2D eigenvalue weighted by atomic mass is 32.2. The van der Waals surface area contributed by atoms with Crippen molar-refractivity contribution in [2.75, 3.05) is 111 Å². The van der Waals surface area contributed by atoms with Gasteiger partial charge in [-0.1, -0.05) is 107 Å². The Balaban J connectivity index is 0.000000512. The highest BCUT2D eigenvalue weighted by molar-refractivity contribution is 8.03. The van der Waals surface area contributed by atoms with Crippen molar-refractivity contribution in [3.05, 3.63) is 141 Å². The predicted molar refractivity (Wildman–Crippen MR) is 443 cm³/mol. The Labute approximate surface area is 624 Å². The molecule has 0 N–H and O–H groups in total. The van der Waals surface area contributed by atoms with Crippen molar-refractivity contribution in [2.24, 2.45) is 23.7 Å². The summed E-state index contributed by atoms with van der Waals surface area (Å²) in [5.74, 6) is 16.2. The summed E-state index contributed by atoms with van der Waals surface area (Å²) in [7, 11) is 0. The van der Waals surface area contributed by atoms with Gasteiger partial charge in [-0.15, -0.1) is 47.0 Å². The Kier molecular flexibility index (Phi) is 63.5. The van der Waals surface area contributed by atoms with Crippen molar-refractivity contribution in [1.29, 1.82) is 0 Å². The summed E-state index contributed by atoms with van der Waals surface area (Å²) in [4.78, 5) is 1.50. The van der Waals surface area contributed by atoms with Crippen LogP contribution in [0.3, 0.4) is 0 Å². The maximum atomic E-state index is 5.15. The third-order valence-corrected chi connectivity index (χ3v) is 24.1. The molecule has 0 aromatic carbocycles. The second-order valence-corrected chi connectivity index (χ2v) is 35.9. The molecule has 8 nitrogen and oxygen atoms in total. The molecule has 16 heterocycles. The monoisotopic (exact) mass is 1480 g/mol. The summed E-state index contributed by atoms with van der Waals surface area (Å²) < 4.78 is 40.0. The molecule has 16 aliphatic heterocycles. The van der Waals surface area contributed by atoms with Gasteiger partial charge in [0.15, 0.2) is 0 Å². The summed E-state index contributed by atoms with van der Waals surface area (Å²) in [5, 5.41) is 9.18. The lowest BCUT2D eigenvalue weighted by molar-refractivity contribution is 0.125. The van der Waals surface area contributed by atoms with Crippen LogP contribution in [-0.4, -0.2) is 145 Å². The fourth-order valence-electron chi connectivity index (χ4n) is 8.69. The van der Waals surface area contributed by atoms with E-state index in [4.69, 9.17) is 37.9 Å². The van der Waals surface area contributed by atoms with Crippen LogP contribution >= 0.6 is 94.1 Å². The van der Waals surface area contributed by atoms with Gasteiger partial charge in [0, 0.05) is 95.3 Å². The molecule has 0 saturated carbocycles. The summed E-state index contributed by atoms with van der Waals surface area (Å²) in [6, 6.07) is 0. The van der Waals surface area contributed by atoms with Gasteiger partial charge in [0.1, 0.15) is 0 Å². The van der Waals surface area contributed by atoms with Crippen LogP contribution in [-0.2, 0) is 37.9 Å². The van der Waals surface area contributed by atoms with Crippen molar-refractivity contribution in [2.45, 2.75) is 222 Å². The summed E-state index contributed by atoms with van der Waals surface area (Å²) in [6.45, 7) is 42.6. The van der Waals surface area contributed by atoms with E-state index in [1.807, 2.05) is 103 Å². The topological polar surface area (TPSA) is 73.8 Å². The van der Waals surface area contributed by atoms with E-state index in [0.717, 1.165) is 118 Å². The zero-order valence-corrected chi connectivity index (χ0v) is 69.4. The van der Waals surface area contributed by atoms with E-state index < -0.39 is 0 Å². The van der Waals surface area contributed by atoms with Gasteiger partial charge in [0.05, 0.1) is 82.5 Å². The lowest BCUT2D eigenvalue weighted by atomic mass is 10.2. The predicted octanol–water partition coefficient (Wildman–Crippen LogP) is 24.2. The summed E-state index contributed by atoms with van der Waals surface area (Å²) >= 11 is 15.9. The maximum absolute atomic E-state index is 5.15. The molecule has 4 saturated heterocycles. The number of allylic oxidation sites excluding steroid dienone is 6. The van der Waals surface area contributed by atoms with Gasteiger partial charge in [-0.05, 0) is 213 Å². The average Bonchev–Trinajstić information content (AvgIpc) is 4.35. The van der Waals surface area contributed by atoms with Crippen LogP contribution in [0.25, 0.3) is 0 Å². The molecule has 16 aliphatic rings. The normalized spacial score (nSPS) is 28.2. The Morgan fingerprint density at radius 3 is 1.50 bits per heavy atom. The number of hydrogen-bond donors (Lipinski definition) is 0. The first-order valence-electron chi connectivity index (χ1n) is 36.0. The quantitative estimate of drug-likeness (QED) is 0.216. The fraction of sp³-hybridized carbons (Fsp3) is 0.700. The van der Waals surface area contributed by atoms with Crippen molar-refractivity contribution < 1.29 is 37.9 Å². The highest BCUT2D eigenvalue weighted by Crippen LogP contribution is 2.26. The van der Waals surface area contributed by atoms with Gasteiger partial charge >= 0.3 is 0 Å². The molecule has 0 spiro atoms. The standard InChI is InChI=1S/C5H10O.3C5H8O.C5H10O.3C5H8O.C5H10S.3C5H8S.C5H10S.3C5H8S/c4*1-5-2-3-6-4-5;4*1-5-3-2-4-6-5;4*1-5-2-3-6-4-5;4*1-5-3-2-4-6-5/h5H,2-4H2,1H3;4H,2-3H2,1H3;2H,3-4H2,1H3;2-3,5H,4H2,1H3;5H,2-4H2,1H3;3H,2,4H2,1H3;2,4-5H,3H2,1H3;2-3,5H,4H2,1H3;5H,2-4H2,1H3;4H,2-3H2,1H3;2H,3-4H2,1H3;2-3,5H,4H2,1H3;5H,2-4H2,1H3;3H,2,4H2,1H3;2,4-5H,3H2,1H3;2-3,5H,4H2,1H3. The van der Waals surface area contributed by atoms with Crippen LogP contribution in [0.2, 0.25) is 0 Å². The third kappa shape index (κ3) is 63.6. The van der Waals surface area contributed by atoms with Gasteiger partial charge in [-0.3, -0.25) is 0 Å². The Hall–Kier alpha value is -1.28. The molecule has 0 aliphatic carbocycles. The molecule has 16 rings (SSSR count). The lowest BCUT2D eigenvalue weighted by Gasteiger charge is -1.97. The Morgan fingerprint density at radius 2 is 1.33 bits per heavy atom. The van der Waals surface area contributed by atoms with E-state index in [0.29, 0.717) is 24.2 Å². The molecule has 4 fully saturated rings. The molecule has 0 radical (unpaired) electrons. The number of hydrogen-bond acceptors (Lipinski definition) is 16. The van der Waals surface area contributed by atoms with E-state index in [1.54, 1.807) is 23.7 Å². The molecule has 552 valence electrons. The summed E-state index contributed by atoms with van der Waals surface area (Å²) in [5.41, 5.74) is 5.80. The van der Waals surface area contributed by atoms with E-state index in [2.05, 4.69) is 197 Å². The van der Waals surface area contributed by atoms with Crippen LogP contribution in [0, 0.1) is 23.7 Å². The second-order valence-electron chi connectivity index (χ2n) is 26.1. The van der Waals surface area contributed by atoms with E-state index >= 15 is 0 Å². The second kappa shape index (κ2) is 65.7. The van der Waals surface area contributed by atoms with Gasteiger partial charge in [-0.2, -0.15) is 47.0 Å². The molecule has 10 unspecified atom stereocenters. The fourth-order valence-corrected chi connectivity index (χ4v) is 16.1. The highest BCUT2D eigenvalue weighted by Gasteiger charge is 2.11. The molecule has 16 heteroatoms. The number of thioether (sulfide) groups is 8. The Bertz CT molecular complexity index is 1890. The van der Waals surface area contributed by atoms with Gasteiger partial charge in [-0.25, -0.2) is 0 Å². The molecule has 0 bridgehead atoms. The minimum absolute atomic E-state index is 0.366. The number of rotatable bonds is 0. The zero-order valence-electron chi connectivity index (χ0n) is 62.9. The molecule has 96 heavy (non-hydrogen) atoms. The average molecular weight is 1480 g/mol. The van der Waals surface area contributed by atoms with Gasteiger partial charge in [0.2, 0.25) is 0 Å². The van der Waals surface area contributed by atoms with Crippen LogP contribution in [0.1, 0.15) is 188 Å². The van der Waals surface area contributed by atoms with Gasteiger partial charge < -0.3 is 37.9 Å². The van der Waals surface area contributed by atoms with Crippen LogP contribution in [0.15, 0.2) is 141 Å². The van der Waals surface area contributed by atoms with Crippen LogP contribution in [0.4, 0.5) is 0 Å². The first-order chi connectivity index (χ1) is 46.3. The van der Waals surface area contributed by atoms with E-state index in [9.17, 15) is 0 Å². The first kappa shape index (κ1) is 92.7. The van der Waals surface area contributed by atoms with Crippen LogP contribution in [0.5, 0.6) is 0 Å². The maximum Gasteiger partial charge on any atom is 0.0985 e. The van der Waals surface area contributed by atoms with E-state index in [-0.39, 0.29) is 0 Å². The minimum atomic E-state index is 0.366. The van der Waals surface area contributed by atoms with Crippen molar-refractivity contribution in [3.8, 4) is 0 Å². The van der Waals surface area contributed by atoms with Crippen molar-refractivity contribution >= 4 is 94.1 Å². The zero-order chi connectivity index (χ0) is 70.5. The molecule has 0 aromatic heterocycles. The third-order valence-electron chi connectivity index (χ3n) is 15.1. The van der Waals surface area contributed by atoms with E-state index in [1.165, 1.54) is 126 Å². The lowest BCUT2D eigenvalue weighted by Crippen LogP contribution is -1.94. The van der Waals surface area contributed by atoms with Gasteiger partial charge in [0.25, 0.3) is 0 Å². The molecule has 0 aromatic rings. The van der Waals surface area contributed by atoms with Crippen molar-refractivity contribution in [1.82, 2.24) is 0 Å². The minimum Gasteiger partial charge on any atom is -0.501 e. The first-order valence-corrected chi connectivity index (χ1v) is 44.5. The SMILES string of the molecule is CC1=CCCO1.CC1=CCCS1.CC1=CCOC1.CC1=CCSC1.CC1=COCC1.CC1=CSCC1.CC1C=CCO1.CC1C=CCS1.CC1C=COC1.CC1C=CSC1.CC1CC=CO1.CC1CC=CS1.CC1CCCO1.CC1CCCS1.CC1CCOC1.CC1CCSC1. The Morgan fingerprint density at radius 1 is 0.500 bits per heavy atom. The molecule has 0 amide bonds. The number of ether oxygens (including phenoxy) is 8. The van der Waals surface area contributed by atoms with Crippen molar-refractivity contribution in [3.63, 3.8) is 0 Å². The smallest absolute Gasteiger partial charge is 0.0985 e. The van der Waals surface area contributed by atoms with Crippen LogP contribution < -0.4 is 0 Å². The largest absolute Gasteiger partial charge is 0.501 e. The molecular weight excluding hydrogens is 1350 g/mol. The molecular formula is C80H136O8S8. The molecule has 10 atom stereocenters. The summed E-state index contributed by atoms with van der Waals surface area (Å²) in [6.07, 6.45) is 47.8.